The number of aromatic nitrogens is 3. The lowest BCUT2D eigenvalue weighted by atomic mass is 9.84. The Balaban J connectivity index is 2.03. The van der Waals surface area contributed by atoms with Crippen LogP contribution in [0.4, 0.5) is 0 Å². The summed E-state index contributed by atoms with van der Waals surface area (Å²) in [7, 11) is 0. The van der Waals surface area contributed by atoms with Crippen molar-refractivity contribution in [2.24, 2.45) is 5.92 Å². The lowest BCUT2D eigenvalue weighted by Gasteiger charge is -2.23. The third-order valence-corrected chi connectivity index (χ3v) is 6.13. The average molecular weight is 427 g/mol. The predicted molar refractivity (Wildman–Crippen MR) is 124 cm³/mol. The Labute approximate surface area is 186 Å². The van der Waals surface area contributed by atoms with Gasteiger partial charge < -0.3 is 10.4 Å². The van der Waals surface area contributed by atoms with Crippen LogP contribution in [0, 0.1) is 12.8 Å². The Morgan fingerprint density at radius 2 is 2.00 bits per heavy atom. The number of nitrogens with zero attached hydrogens (tertiary/aromatic N) is 3. The van der Waals surface area contributed by atoms with Crippen LogP contribution in [0.2, 0.25) is 0 Å². The van der Waals surface area contributed by atoms with Gasteiger partial charge in [-0.1, -0.05) is 53.9 Å². The Morgan fingerprint density at radius 3 is 2.58 bits per heavy atom. The molecule has 1 aromatic carbocycles. The van der Waals surface area contributed by atoms with Gasteiger partial charge in [-0.25, -0.2) is 9.67 Å². The van der Waals surface area contributed by atoms with E-state index < -0.39 is 0 Å². The minimum atomic E-state index is -0.213. The van der Waals surface area contributed by atoms with Gasteiger partial charge in [0.25, 0.3) is 5.91 Å². The molecular formula is C25H38N4O2. The number of aryl methyl sites for hydroxylation is 1. The highest BCUT2D eigenvalue weighted by atomic mass is 16.3. The molecule has 1 atom stereocenters. The predicted octanol–water partition coefficient (Wildman–Crippen LogP) is 5.37. The first-order valence-electron chi connectivity index (χ1n) is 11.7. The van der Waals surface area contributed by atoms with Gasteiger partial charge in [0.2, 0.25) is 5.82 Å². The van der Waals surface area contributed by atoms with Crippen LogP contribution in [0.1, 0.15) is 94.9 Å². The summed E-state index contributed by atoms with van der Waals surface area (Å²) in [5, 5.41) is 18.3. The molecule has 170 valence electrons. The molecule has 2 aromatic rings. The number of rotatable bonds is 9. The lowest BCUT2D eigenvalue weighted by molar-refractivity contribution is 0.0940. The van der Waals surface area contributed by atoms with Crippen LogP contribution in [0.5, 0.6) is 5.75 Å². The molecule has 0 bridgehead atoms. The molecule has 1 aliphatic carbocycles. The minimum Gasteiger partial charge on any atom is -0.507 e. The molecule has 0 spiro atoms. The van der Waals surface area contributed by atoms with E-state index in [1.807, 2.05) is 23.7 Å². The first kappa shape index (κ1) is 23.3. The molecule has 1 fully saturated rings. The highest BCUT2D eigenvalue weighted by Gasteiger charge is 2.28. The van der Waals surface area contributed by atoms with Crippen molar-refractivity contribution < 1.29 is 9.90 Å². The summed E-state index contributed by atoms with van der Waals surface area (Å²) < 4.78 is 1.91. The van der Waals surface area contributed by atoms with Gasteiger partial charge in [-0.3, -0.25) is 4.79 Å². The molecule has 1 heterocycles. The zero-order chi connectivity index (χ0) is 22.8. The van der Waals surface area contributed by atoms with Crippen molar-refractivity contribution in [3.8, 4) is 17.1 Å². The van der Waals surface area contributed by atoms with Gasteiger partial charge in [-0.15, -0.1) is 5.10 Å². The molecule has 6 nitrogen and oxygen atoms in total. The van der Waals surface area contributed by atoms with Crippen molar-refractivity contribution in [2.45, 2.75) is 98.1 Å². The SMILES string of the molecule is CCCCC(CC)Cn1nc(C(=O)NC2CC2)nc1-c1cc(C)c(O)c(C(C)(C)C)c1. The van der Waals surface area contributed by atoms with Crippen molar-refractivity contribution in [2.75, 3.05) is 0 Å². The van der Waals surface area contributed by atoms with E-state index in [1.54, 1.807) is 0 Å². The average Bonchev–Trinajstić information content (AvgIpc) is 3.42. The smallest absolute Gasteiger partial charge is 0.291 e. The van der Waals surface area contributed by atoms with Gasteiger partial charge >= 0.3 is 0 Å². The second kappa shape index (κ2) is 9.41. The van der Waals surface area contributed by atoms with Crippen LogP contribution in [0.15, 0.2) is 12.1 Å². The van der Waals surface area contributed by atoms with E-state index >= 15 is 0 Å². The van der Waals surface area contributed by atoms with E-state index in [9.17, 15) is 9.90 Å². The fourth-order valence-corrected chi connectivity index (χ4v) is 3.90. The standard InChI is InChI=1S/C25H38N4O2/c1-7-9-10-17(8-2)15-29-23(27-22(28-29)24(31)26-19-11-12-19)18-13-16(3)21(30)20(14-18)25(4,5)6/h13-14,17,19,30H,7-12,15H2,1-6H3,(H,26,31). The first-order chi connectivity index (χ1) is 14.6. The fourth-order valence-electron chi connectivity index (χ4n) is 3.90. The van der Waals surface area contributed by atoms with Crippen LogP contribution >= 0.6 is 0 Å². The largest absolute Gasteiger partial charge is 0.507 e. The minimum absolute atomic E-state index is 0.198. The van der Waals surface area contributed by atoms with E-state index in [-0.39, 0.29) is 23.2 Å². The number of phenolic OH excluding ortho intramolecular Hbond substituents is 1. The number of hydrogen-bond donors (Lipinski definition) is 2. The van der Waals surface area contributed by atoms with Crippen LogP contribution in [-0.4, -0.2) is 31.8 Å². The van der Waals surface area contributed by atoms with E-state index in [0.29, 0.717) is 17.5 Å². The lowest BCUT2D eigenvalue weighted by Crippen LogP contribution is -2.26. The molecule has 1 saturated carbocycles. The van der Waals surface area contributed by atoms with Crippen molar-refractivity contribution >= 4 is 5.91 Å². The van der Waals surface area contributed by atoms with Crippen LogP contribution in [0.25, 0.3) is 11.4 Å². The van der Waals surface area contributed by atoms with E-state index in [0.717, 1.165) is 48.9 Å². The first-order valence-corrected chi connectivity index (χ1v) is 11.7. The quantitative estimate of drug-likeness (QED) is 0.565. The summed E-state index contributed by atoms with van der Waals surface area (Å²) in [4.78, 5) is 17.4. The van der Waals surface area contributed by atoms with Gasteiger partial charge in [0, 0.05) is 23.7 Å². The number of carbonyl (C=O) groups excluding carboxylic acids is 1. The molecule has 1 aromatic heterocycles. The number of nitrogens with one attached hydrogen (secondary N) is 1. The third kappa shape index (κ3) is 5.66. The maximum atomic E-state index is 12.7. The van der Waals surface area contributed by atoms with Gasteiger partial charge in [0.1, 0.15) is 5.75 Å². The Morgan fingerprint density at radius 1 is 1.29 bits per heavy atom. The number of hydrogen-bond acceptors (Lipinski definition) is 4. The molecule has 31 heavy (non-hydrogen) atoms. The zero-order valence-corrected chi connectivity index (χ0v) is 20.0. The summed E-state index contributed by atoms with van der Waals surface area (Å²) in [5.41, 5.74) is 2.36. The molecule has 0 aliphatic heterocycles. The Bertz CT molecular complexity index is 922. The van der Waals surface area contributed by atoms with E-state index in [4.69, 9.17) is 0 Å². The molecule has 3 rings (SSSR count). The molecular weight excluding hydrogens is 388 g/mol. The number of carbonyl (C=O) groups is 1. The molecule has 0 radical (unpaired) electrons. The van der Waals surface area contributed by atoms with Crippen molar-refractivity contribution in [1.82, 2.24) is 20.1 Å². The molecule has 0 saturated heterocycles. The van der Waals surface area contributed by atoms with Gasteiger partial charge in [-0.05, 0) is 55.2 Å². The Hall–Kier alpha value is -2.37. The molecule has 2 N–H and O–H groups in total. The number of unbranched alkanes of at least 4 members (excludes halogenated alkanes) is 1. The maximum Gasteiger partial charge on any atom is 0.291 e. The maximum absolute atomic E-state index is 12.7. The summed E-state index contributed by atoms with van der Waals surface area (Å²) in [6, 6.07) is 4.21. The monoisotopic (exact) mass is 426 g/mol. The number of phenols is 1. The van der Waals surface area contributed by atoms with E-state index in [2.05, 4.69) is 50.0 Å². The van der Waals surface area contributed by atoms with Crippen LogP contribution < -0.4 is 5.32 Å². The highest BCUT2D eigenvalue weighted by molar-refractivity contribution is 5.91. The Kier molecular flexibility index (Phi) is 7.07. The number of amides is 1. The van der Waals surface area contributed by atoms with Crippen LogP contribution in [0.3, 0.4) is 0 Å². The van der Waals surface area contributed by atoms with Crippen molar-refractivity contribution in [3.05, 3.63) is 29.1 Å². The number of benzene rings is 1. The van der Waals surface area contributed by atoms with Gasteiger partial charge in [0.15, 0.2) is 5.82 Å². The summed E-state index contributed by atoms with van der Waals surface area (Å²) in [6.07, 6.45) is 6.61. The topological polar surface area (TPSA) is 80.0 Å². The molecule has 1 unspecified atom stereocenters. The van der Waals surface area contributed by atoms with E-state index in [1.165, 1.54) is 12.8 Å². The fraction of sp³-hybridized carbons (Fsp3) is 0.640. The van der Waals surface area contributed by atoms with Gasteiger partial charge in [0.05, 0.1) is 0 Å². The van der Waals surface area contributed by atoms with Crippen LogP contribution in [-0.2, 0) is 12.0 Å². The second-order valence-electron chi connectivity index (χ2n) is 10.0. The summed E-state index contributed by atoms with van der Waals surface area (Å²) >= 11 is 0. The highest BCUT2D eigenvalue weighted by Crippen LogP contribution is 2.37. The van der Waals surface area contributed by atoms with Crippen molar-refractivity contribution in [1.29, 1.82) is 0 Å². The zero-order valence-electron chi connectivity index (χ0n) is 20.0. The summed E-state index contributed by atoms with van der Waals surface area (Å²) in [5.74, 6) is 1.54. The molecule has 1 amide bonds. The second-order valence-corrected chi connectivity index (χ2v) is 10.0. The van der Waals surface area contributed by atoms with Gasteiger partial charge in [-0.2, -0.15) is 0 Å². The van der Waals surface area contributed by atoms with Crippen molar-refractivity contribution in [3.63, 3.8) is 0 Å². The molecule has 1 aliphatic rings. The number of aromatic hydroxyl groups is 1. The third-order valence-electron chi connectivity index (χ3n) is 6.13. The summed E-state index contributed by atoms with van der Waals surface area (Å²) in [6.45, 7) is 13.3. The molecule has 6 heteroatoms. The normalized spacial score (nSPS) is 15.2.